The summed E-state index contributed by atoms with van der Waals surface area (Å²) < 4.78 is 10.8. The molecule has 4 aromatic rings. The lowest BCUT2D eigenvalue weighted by molar-refractivity contribution is 0.0707. The molecule has 0 atom stereocenters. The molecule has 0 saturated heterocycles. The molecular formula is C22H17ClN2O3. The van der Waals surface area contributed by atoms with Crippen LogP contribution in [0.15, 0.2) is 88.0 Å². The Kier molecular flexibility index (Phi) is 5.26. The first-order valence-electron chi connectivity index (χ1n) is 8.77. The fraction of sp³-hybridized carbons (Fsp3) is 0.0909. The van der Waals surface area contributed by atoms with Crippen LogP contribution in [0.25, 0.3) is 11.3 Å². The first-order valence-corrected chi connectivity index (χ1v) is 9.15. The van der Waals surface area contributed by atoms with Gasteiger partial charge in [-0.2, -0.15) is 0 Å². The van der Waals surface area contributed by atoms with Gasteiger partial charge in [0.05, 0.1) is 12.8 Å². The Hall–Kier alpha value is -3.31. The number of nitrogens with zero attached hydrogens (tertiary/aromatic N) is 2. The molecule has 0 unspecified atom stereocenters. The van der Waals surface area contributed by atoms with Gasteiger partial charge in [0.1, 0.15) is 5.76 Å². The Morgan fingerprint density at radius 1 is 0.964 bits per heavy atom. The Balaban J connectivity index is 1.58. The van der Waals surface area contributed by atoms with Gasteiger partial charge in [-0.1, -0.05) is 47.1 Å². The number of carbonyl (C=O) groups excluding carboxylic acids is 1. The van der Waals surface area contributed by atoms with Crippen molar-refractivity contribution in [1.29, 1.82) is 0 Å². The average molecular weight is 393 g/mol. The minimum absolute atomic E-state index is 0.232. The standard InChI is InChI=1S/C22H17ClN2O3/c23-18-10-8-17(9-11-18)21-13-20(24-28-21)22(26)25(15-19-7-4-12-27-19)14-16-5-2-1-3-6-16/h1-13H,14-15H2. The molecular weight excluding hydrogens is 376 g/mol. The van der Waals surface area contributed by atoms with Crippen LogP contribution in [0.2, 0.25) is 5.02 Å². The molecule has 2 heterocycles. The number of carbonyl (C=O) groups is 1. The van der Waals surface area contributed by atoms with Crippen LogP contribution in [0.1, 0.15) is 21.8 Å². The second-order valence-electron chi connectivity index (χ2n) is 6.31. The number of amides is 1. The molecule has 0 bridgehead atoms. The summed E-state index contributed by atoms with van der Waals surface area (Å²) in [6.07, 6.45) is 1.59. The van der Waals surface area contributed by atoms with E-state index in [1.165, 1.54) is 0 Å². The number of aromatic nitrogens is 1. The maximum absolute atomic E-state index is 13.1. The predicted molar refractivity (Wildman–Crippen MR) is 106 cm³/mol. The van der Waals surface area contributed by atoms with Gasteiger partial charge >= 0.3 is 0 Å². The highest BCUT2D eigenvalue weighted by Gasteiger charge is 2.22. The van der Waals surface area contributed by atoms with E-state index in [2.05, 4.69) is 5.16 Å². The van der Waals surface area contributed by atoms with Crippen molar-refractivity contribution in [3.05, 3.63) is 101 Å². The summed E-state index contributed by atoms with van der Waals surface area (Å²) in [6.45, 7) is 0.771. The second-order valence-corrected chi connectivity index (χ2v) is 6.75. The summed E-state index contributed by atoms with van der Waals surface area (Å²) in [7, 11) is 0. The van der Waals surface area contributed by atoms with Gasteiger partial charge in [0.2, 0.25) is 0 Å². The van der Waals surface area contributed by atoms with Crippen LogP contribution < -0.4 is 0 Å². The zero-order valence-electron chi connectivity index (χ0n) is 14.9. The second kappa shape index (κ2) is 8.15. The van der Waals surface area contributed by atoms with Crippen LogP contribution >= 0.6 is 11.6 Å². The van der Waals surface area contributed by atoms with E-state index in [1.807, 2.05) is 48.5 Å². The largest absolute Gasteiger partial charge is 0.467 e. The van der Waals surface area contributed by atoms with E-state index in [1.54, 1.807) is 35.4 Å². The molecule has 6 heteroatoms. The summed E-state index contributed by atoms with van der Waals surface area (Å²) in [6, 6.07) is 22.2. The lowest BCUT2D eigenvalue weighted by Gasteiger charge is -2.20. The van der Waals surface area contributed by atoms with E-state index in [-0.39, 0.29) is 11.6 Å². The van der Waals surface area contributed by atoms with Crippen molar-refractivity contribution >= 4 is 17.5 Å². The highest BCUT2D eigenvalue weighted by atomic mass is 35.5. The van der Waals surface area contributed by atoms with Gasteiger partial charge in [0, 0.05) is 23.2 Å². The number of furan rings is 1. The number of hydrogen-bond acceptors (Lipinski definition) is 4. The minimum Gasteiger partial charge on any atom is -0.467 e. The molecule has 0 radical (unpaired) electrons. The third-order valence-electron chi connectivity index (χ3n) is 4.29. The SMILES string of the molecule is O=C(c1cc(-c2ccc(Cl)cc2)on1)N(Cc1ccccc1)Cc1ccco1. The van der Waals surface area contributed by atoms with Gasteiger partial charge in [-0.25, -0.2) is 0 Å². The summed E-state index contributed by atoms with van der Waals surface area (Å²) in [5.41, 5.74) is 2.06. The van der Waals surface area contributed by atoms with Crippen molar-refractivity contribution < 1.29 is 13.7 Å². The molecule has 0 aliphatic heterocycles. The van der Waals surface area contributed by atoms with E-state index in [0.29, 0.717) is 29.6 Å². The number of hydrogen-bond donors (Lipinski definition) is 0. The molecule has 0 saturated carbocycles. The monoisotopic (exact) mass is 392 g/mol. The number of benzene rings is 2. The van der Waals surface area contributed by atoms with Gasteiger partial charge in [0.25, 0.3) is 5.91 Å². The topological polar surface area (TPSA) is 59.5 Å². The summed E-state index contributed by atoms with van der Waals surface area (Å²) in [4.78, 5) is 14.8. The molecule has 5 nitrogen and oxygen atoms in total. The van der Waals surface area contributed by atoms with Crippen molar-refractivity contribution in [2.45, 2.75) is 13.1 Å². The third-order valence-corrected chi connectivity index (χ3v) is 4.54. The summed E-state index contributed by atoms with van der Waals surface area (Å²) in [5, 5.41) is 4.61. The van der Waals surface area contributed by atoms with Crippen LogP contribution in [-0.4, -0.2) is 16.0 Å². The average Bonchev–Trinajstić information content (AvgIpc) is 3.40. The van der Waals surface area contributed by atoms with Crippen molar-refractivity contribution in [2.75, 3.05) is 0 Å². The maximum Gasteiger partial charge on any atom is 0.276 e. The minimum atomic E-state index is -0.232. The summed E-state index contributed by atoms with van der Waals surface area (Å²) >= 11 is 5.93. The van der Waals surface area contributed by atoms with Gasteiger partial charge in [-0.3, -0.25) is 4.79 Å². The highest BCUT2D eigenvalue weighted by Crippen LogP contribution is 2.23. The lowest BCUT2D eigenvalue weighted by Crippen LogP contribution is -2.30. The van der Waals surface area contributed by atoms with Gasteiger partial charge in [-0.05, 0) is 42.0 Å². The first-order chi connectivity index (χ1) is 13.7. The Morgan fingerprint density at radius 3 is 2.46 bits per heavy atom. The van der Waals surface area contributed by atoms with E-state index < -0.39 is 0 Å². The molecule has 28 heavy (non-hydrogen) atoms. The van der Waals surface area contributed by atoms with E-state index >= 15 is 0 Å². The van der Waals surface area contributed by atoms with Crippen LogP contribution in [0, 0.1) is 0 Å². The predicted octanol–water partition coefficient (Wildman–Crippen LogP) is 5.43. The van der Waals surface area contributed by atoms with E-state index in [4.69, 9.17) is 20.5 Å². The quantitative estimate of drug-likeness (QED) is 0.439. The van der Waals surface area contributed by atoms with Crippen molar-refractivity contribution in [3.63, 3.8) is 0 Å². The third kappa shape index (κ3) is 4.15. The Morgan fingerprint density at radius 2 is 1.75 bits per heavy atom. The Labute approximate surface area is 167 Å². The lowest BCUT2D eigenvalue weighted by atomic mass is 10.1. The first kappa shape index (κ1) is 18.1. The van der Waals surface area contributed by atoms with E-state index in [0.717, 1.165) is 11.1 Å². The van der Waals surface area contributed by atoms with Gasteiger partial charge < -0.3 is 13.8 Å². The fourth-order valence-corrected chi connectivity index (χ4v) is 3.01. The van der Waals surface area contributed by atoms with Gasteiger partial charge in [-0.15, -0.1) is 0 Å². The molecule has 2 aromatic heterocycles. The molecule has 0 fully saturated rings. The molecule has 1 amide bonds. The molecule has 0 aliphatic rings. The highest BCUT2D eigenvalue weighted by molar-refractivity contribution is 6.30. The van der Waals surface area contributed by atoms with Crippen LogP contribution in [0.5, 0.6) is 0 Å². The molecule has 0 spiro atoms. The molecule has 0 aliphatic carbocycles. The van der Waals surface area contributed by atoms with Crippen molar-refractivity contribution in [2.24, 2.45) is 0 Å². The van der Waals surface area contributed by atoms with Crippen molar-refractivity contribution in [3.8, 4) is 11.3 Å². The smallest absolute Gasteiger partial charge is 0.276 e. The molecule has 2 aromatic carbocycles. The molecule has 4 rings (SSSR count). The number of halogens is 1. The number of rotatable bonds is 6. The summed E-state index contributed by atoms with van der Waals surface area (Å²) in [5.74, 6) is 0.979. The van der Waals surface area contributed by atoms with Crippen molar-refractivity contribution in [1.82, 2.24) is 10.1 Å². The zero-order valence-corrected chi connectivity index (χ0v) is 15.7. The maximum atomic E-state index is 13.1. The van der Waals surface area contributed by atoms with Crippen LogP contribution in [-0.2, 0) is 13.1 Å². The normalized spacial score (nSPS) is 10.8. The van der Waals surface area contributed by atoms with Crippen LogP contribution in [0.3, 0.4) is 0 Å². The fourth-order valence-electron chi connectivity index (χ4n) is 2.88. The zero-order chi connectivity index (χ0) is 19.3. The molecule has 0 N–H and O–H groups in total. The molecule has 140 valence electrons. The Bertz CT molecular complexity index is 1040. The van der Waals surface area contributed by atoms with Gasteiger partial charge in [0.15, 0.2) is 11.5 Å². The van der Waals surface area contributed by atoms with E-state index in [9.17, 15) is 4.79 Å². The van der Waals surface area contributed by atoms with Crippen LogP contribution in [0.4, 0.5) is 0 Å².